The number of pyridine rings is 1. The summed E-state index contributed by atoms with van der Waals surface area (Å²) in [5.74, 6) is 0.310. The molecule has 3 heterocycles. The second-order valence-corrected chi connectivity index (χ2v) is 4.72. The van der Waals surface area contributed by atoms with Gasteiger partial charge in [-0.05, 0) is 19.4 Å². The molecule has 0 spiro atoms. The third kappa shape index (κ3) is 2.69. The van der Waals surface area contributed by atoms with Crippen LogP contribution in [0.5, 0.6) is 5.88 Å². The zero-order valence-electron chi connectivity index (χ0n) is 10.5. The number of rotatable bonds is 2. The number of ether oxygens (including phenoxy) is 4. The number of hydrogen-bond acceptors (Lipinski definition) is 6. The highest BCUT2D eigenvalue weighted by atomic mass is 16.8. The predicted molar refractivity (Wildman–Crippen MR) is 63.5 cm³/mol. The average Bonchev–Trinajstić information content (AvgIpc) is 2.91. The van der Waals surface area contributed by atoms with Gasteiger partial charge in [-0.3, -0.25) is 0 Å². The third-order valence-electron chi connectivity index (χ3n) is 3.30. The van der Waals surface area contributed by atoms with Gasteiger partial charge in [0.2, 0.25) is 5.88 Å². The molecule has 2 saturated heterocycles. The fourth-order valence-electron chi connectivity index (χ4n) is 2.44. The van der Waals surface area contributed by atoms with Crippen LogP contribution in [-0.4, -0.2) is 36.2 Å². The monoisotopic (exact) mass is 265 g/mol. The van der Waals surface area contributed by atoms with Crippen LogP contribution in [0.15, 0.2) is 24.4 Å². The number of nitrogens with zero attached hydrogens (tertiary/aromatic N) is 1. The first-order chi connectivity index (χ1) is 9.22. The second-order valence-electron chi connectivity index (χ2n) is 4.72. The Morgan fingerprint density at radius 2 is 2.37 bits per heavy atom. The van der Waals surface area contributed by atoms with Gasteiger partial charge in [0, 0.05) is 12.3 Å². The van der Waals surface area contributed by atoms with Crippen LogP contribution in [-0.2, 0) is 14.2 Å². The van der Waals surface area contributed by atoms with Crippen LogP contribution in [0, 0.1) is 5.92 Å². The summed E-state index contributed by atoms with van der Waals surface area (Å²) in [5, 5.41) is 0. The highest BCUT2D eigenvalue weighted by Gasteiger charge is 2.46. The molecule has 0 saturated carbocycles. The van der Waals surface area contributed by atoms with Crippen LogP contribution in [0.1, 0.15) is 13.3 Å². The summed E-state index contributed by atoms with van der Waals surface area (Å²) in [4.78, 5) is 15.6. The number of fused-ring (bicyclic) bond motifs is 1. The SMILES string of the molecule is C[C@@H]1C[C@@H]2[C@@H](OC[C@@H]2OC(=O)Oc2ccccn2)O1. The fourth-order valence-corrected chi connectivity index (χ4v) is 2.44. The van der Waals surface area contributed by atoms with Gasteiger partial charge in [0.05, 0.1) is 18.6 Å². The maximum absolute atomic E-state index is 11.7. The Balaban J connectivity index is 1.55. The molecule has 0 amide bonds. The smallest absolute Gasteiger partial charge is 0.428 e. The van der Waals surface area contributed by atoms with Crippen molar-refractivity contribution in [2.75, 3.05) is 6.61 Å². The first-order valence-electron chi connectivity index (χ1n) is 6.29. The van der Waals surface area contributed by atoms with Crippen LogP contribution in [0.2, 0.25) is 0 Å². The quantitative estimate of drug-likeness (QED) is 0.759. The molecule has 1 aromatic heterocycles. The van der Waals surface area contributed by atoms with Crippen LogP contribution >= 0.6 is 0 Å². The van der Waals surface area contributed by atoms with Gasteiger partial charge in [0.25, 0.3) is 0 Å². The summed E-state index contributed by atoms with van der Waals surface area (Å²) in [6.07, 6.45) is 1.17. The van der Waals surface area contributed by atoms with Crippen molar-refractivity contribution in [1.29, 1.82) is 0 Å². The number of carbonyl (C=O) groups excluding carboxylic acids is 1. The highest BCUT2D eigenvalue weighted by Crippen LogP contribution is 2.36. The largest absolute Gasteiger partial charge is 0.515 e. The van der Waals surface area contributed by atoms with Gasteiger partial charge in [-0.25, -0.2) is 9.78 Å². The van der Waals surface area contributed by atoms with E-state index in [9.17, 15) is 4.79 Å². The molecule has 6 nitrogen and oxygen atoms in total. The molecule has 4 atom stereocenters. The lowest BCUT2D eigenvalue weighted by molar-refractivity contribution is -0.112. The Hall–Kier alpha value is -1.66. The molecule has 2 aliphatic rings. The fraction of sp³-hybridized carbons (Fsp3) is 0.538. The van der Waals surface area contributed by atoms with Gasteiger partial charge >= 0.3 is 6.16 Å². The summed E-state index contributed by atoms with van der Waals surface area (Å²) in [6.45, 7) is 2.32. The van der Waals surface area contributed by atoms with Crippen molar-refractivity contribution in [2.24, 2.45) is 5.92 Å². The molecule has 1 aromatic rings. The molecule has 0 radical (unpaired) electrons. The molecule has 6 heteroatoms. The molecule has 0 bridgehead atoms. The molecule has 19 heavy (non-hydrogen) atoms. The molecule has 102 valence electrons. The third-order valence-corrected chi connectivity index (χ3v) is 3.30. The summed E-state index contributed by atoms with van der Waals surface area (Å²) in [5.41, 5.74) is 0. The topological polar surface area (TPSA) is 66.9 Å². The van der Waals surface area contributed by atoms with E-state index >= 15 is 0 Å². The Kier molecular flexibility index (Phi) is 3.35. The van der Waals surface area contributed by atoms with E-state index in [1.807, 2.05) is 6.92 Å². The van der Waals surface area contributed by atoms with E-state index < -0.39 is 6.16 Å². The lowest BCUT2D eigenvalue weighted by Crippen LogP contribution is -2.28. The lowest BCUT2D eigenvalue weighted by Gasteiger charge is -2.15. The van der Waals surface area contributed by atoms with E-state index in [2.05, 4.69) is 4.98 Å². The van der Waals surface area contributed by atoms with Crippen LogP contribution in [0.3, 0.4) is 0 Å². The molecule has 0 unspecified atom stereocenters. The minimum atomic E-state index is -0.757. The van der Waals surface area contributed by atoms with Gasteiger partial charge in [0.1, 0.15) is 6.10 Å². The van der Waals surface area contributed by atoms with Gasteiger partial charge in [-0.2, -0.15) is 0 Å². The van der Waals surface area contributed by atoms with E-state index in [0.29, 0.717) is 6.61 Å². The Morgan fingerprint density at radius 1 is 1.47 bits per heavy atom. The molecule has 0 aromatic carbocycles. The summed E-state index contributed by atoms with van der Waals surface area (Å²) >= 11 is 0. The van der Waals surface area contributed by atoms with Crippen molar-refractivity contribution in [1.82, 2.24) is 4.98 Å². The van der Waals surface area contributed by atoms with Crippen molar-refractivity contribution >= 4 is 6.16 Å². The molecule has 2 fully saturated rings. The summed E-state index contributed by atoms with van der Waals surface area (Å²) in [7, 11) is 0. The minimum Gasteiger partial charge on any atom is -0.428 e. The van der Waals surface area contributed by atoms with Crippen LogP contribution in [0.25, 0.3) is 0 Å². The normalized spacial score (nSPS) is 32.9. The minimum absolute atomic E-state index is 0.0892. The molecule has 2 aliphatic heterocycles. The first kappa shape index (κ1) is 12.4. The van der Waals surface area contributed by atoms with Crippen LogP contribution < -0.4 is 4.74 Å². The van der Waals surface area contributed by atoms with Gasteiger partial charge in [0.15, 0.2) is 6.29 Å². The van der Waals surface area contributed by atoms with Gasteiger partial charge in [-0.15, -0.1) is 0 Å². The molecule has 0 N–H and O–H groups in total. The maximum Gasteiger partial charge on any atom is 0.515 e. The van der Waals surface area contributed by atoms with E-state index in [1.165, 1.54) is 0 Å². The van der Waals surface area contributed by atoms with Crippen LogP contribution in [0.4, 0.5) is 4.79 Å². The van der Waals surface area contributed by atoms with Crippen molar-refractivity contribution < 1.29 is 23.7 Å². The standard InChI is InChI=1S/C13H15NO5/c1-8-6-9-10(7-16-12(9)17-8)18-13(15)19-11-4-2-3-5-14-11/h2-5,8-10,12H,6-7H2,1H3/t8-,9+,10+,12+/m1/s1. The highest BCUT2D eigenvalue weighted by molar-refractivity contribution is 5.63. The molecule has 3 rings (SSSR count). The number of aromatic nitrogens is 1. The Morgan fingerprint density at radius 3 is 3.16 bits per heavy atom. The second kappa shape index (κ2) is 5.14. The van der Waals surface area contributed by atoms with E-state index in [0.717, 1.165) is 6.42 Å². The molecular formula is C13H15NO5. The predicted octanol–water partition coefficient (Wildman–Crippen LogP) is 1.75. The number of hydrogen-bond donors (Lipinski definition) is 0. The van der Waals surface area contributed by atoms with Crippen molar-refractivity contribution in [3.63, 3.8) is 0 Å². The Labute approximate surface area is 110 Å². The van der Waals surface area contributed by atoms with E-state index in [-0.39, 0.29) is 30.3 Å². The summed E-state index contributed by atoms with van der Waals surface area (Å²) in [6, 6.07) is 5.07. The van der Waals surface area contributed by atoms with Crippen molar-refractivity contribution in [3.05, 3.63) is 24.4 Å². The summed E-state index contributed by atoms with van der Waals surface area (Å²) < 4.78 is 21.2. The zero-order valence-corrected chi connectivity index (χ0v) is 10.5. The van der Waals surface area contributed by atoms with Crippen molar-refractivity contribution in [2.45, 2.75) is 31.8 Å². The van der Waals surface area contributed by atoms with Gasteiger partial charge < -0.3 is 18.9 Å². The van der Waals surface area contributed by atoms with E-state index in [4.69, 9.17) is 18.9 Å². The number of carbonyl (C=O) groups is 1. The lowest BCUT2D eigenvalue weighted by atomic mass is 10.0. The van der Waals surface area contributed by atoms with Crippen molar-refractivity contribution in [3.8, 4) is 5.88 Å². The van der Waals surface area contributed by atoms with Gasteiger partial charge in [-0.1, -0.05) is 6.07 Å². The average molecular weight is 265 g/mol. The van der Waals surface area contributed by atoms with E-state index in [1.54, 1.807) is 24.4 Å². The maximum atomic E-state index is 11.7. The molecule has 0 aliphatic carbocycles. The Bertz CT molecular complexity index is 452. The first-order valence-corrected chi connectivity index (χ1v) is 6.29. The zero-order chi connectivity index (χ0) is 13.2. The molecular weight excluding hydrogens is 250 g/mol.